The number of hydrogen-bond donors (Lipinski definition) is 0. The van der Waals surface area contributed by atoms with Crippen molar-refractivity contribution in [1.29, 1.82) is 0 Å². The van der Waals surface area contributed by atoms with Crippen molar-refractivity contribution in [2.45, 2.75) is 6.92 Å². The third-order valence-corrected chi connectivity index (χ3v) is 1.76. The molecule has 0 saturated heterocycles. The standard InChI is InChI=1S/C11H9N2.Cm/c1-9-4-2-5-10(8-9)11-12-6-3-7-13-11;/h3-8H,1H3;/q-1;. The van der Waals surface area contributed by atoms with Crippen LogP contribution in [0.2, 0.25) is 0 Å². The van der Waals surface area contributed by atoms with Crippen LogP contribution in [0.4, 0.5) is 0 Å². The van der Waals surface area contributed by atoms with Gasteiger partial charge < -0.3 is 0 Å². The van der Waals surface area contributed by atoms with Crippen LogP contribution in [0, 0.1) is 13.0 Å². The summed E-state index contributed by atoms with van der Waals surface area (Å²) >= 11 is 0. The van der Waals surface area contributed by atoms with Gasteiger partial charge in [-0.05, 0) is 6.07 Å². The van der Waals surface area contributed by atoms with Crippen molar-refractivity contribution in [3.8, 4) is 11.4 Å². The Morgan fingerprint density at radius 1 is 1.14 bits per heavy atom. The van der Waals surface area contributed by atoms with E-state index in [4.69, 9.17) is 0 Å². The Morgan fingerprint density at radius 2 is 1.86 bits per heavy atom. The van der Waals surface area contributed by atoms with Crippen LogP contribution in [-0.4, -0.2) is 9.97 Å². The molecule has 0 fully saturated rings. The third kappa shape index (κ3) is 1.72. The molecule has 0 aliphatic rings. The maximum atomic E-state index is 4.16. The van der Waals surface area contributed by atoms with Gasteiger partial charge in [0.25, 0.3) is 0 Å². The van der Waals surface area contributed by atoms with Gasteiger partial charge in [0.1, 0.15) is 5.82 Å². The molecule has 0 radical (unpaired) electrons. The Morgan fingerprint density at radius 3 is 2.50 bits per heavy atom. The van der Waals surface area contributed by atoms with Crippen LogP contribution in [0.1, 0.15) is 5.56 Å². The summed E-state index contributed by atoms with van der Waals surface area (Å²) in [5.41, 5.74) is 2.19. The first-order valence-electron chi connectivity index (χ1n) is 4.11. The second-order valence-corrected chi connectivity index (χ2v) is 2.87. The molecule has 0 N–H and O–H groups in total. The van der Waals surface area contributed by atoms with Crippen LogP contribution in [0.15, 0.2) is 36.7 Å². The van der Waals surface area contributed by atoms with Crippen LogP contribution in [0.25, 0.3) is 11.4 Å². The molecule has 0 amide bonds. The average Bonchev–Trinajstić information content (AvgIpc) is 2.19. The van der Waals surface area contributed by atoms with E-state index in [0.29, 0.717) is 0 Å². The van der Waals surface area contributed by atoms with Gasteiger partial charge in [0, 0.05) is 12.4 Å². The van der Waals surface area contributed by atoms with Crippen LogP contribution < -0.4 is 0 Å². The summed E-state index contributed by atoms with van der Waals surface area (Å²) in [4.78, 5) is 8.32. The fourth-order valence-electron chi connectivity index (χ4n) is 1.17. The SMILES string of the molecule is Cc1c[c-]cc(-c2ncccn2)c1.[Cm]. The Hall–Kier alpha value is -2.70. The number of aryl methyl sites for hydroxylation is 1. The van der Waals surface area contributed by atoms with Crippen LogP contribution >= 0.6 is 0 Å². The first kappa shape index (κ1) is 9.39. The largest absolute Gasteiger partial charge is 0.250 e. The molecular formula is C11H9CmN2-. The normalized spacial score (nSPS) is 9.21. The van der Waals surface area contributed by atoms with E-state index in [9.17, 15) is 0 Å². The van der Waals surface area contributed by atoms with Crippen molar-refractivity contribution in [3.63, 3.8) is 0 Å². The molecule has 0 bridgehead atoms. The Labute approximate surface area is 77.3 Å². The maximum Gasteiger partial charge on any atom is 0.104 e. The third-order valence-electron chi connectivity index (χ3n) is 1.76. The van der Waals surface area contributed by atoms with Crippen molar-refractivity contribution in [2.75, 3.05) is 0 Å². The predicted molar refractivity (Wildman–Crippen MR) is 51.0 cm³/mol. The molecule has 1 aromatic heterocycles. The van der Waals surface area contributed by atoms with E-state index in [1.165, 1.54) is 5.56 Å². The maximum absolute atomic E-state index is 4.16. The van der Waals surface area contributed by atoms with Crippen molar-refractivity contribution < 1.29 is 0 Å². The van der Waals surface area contributed by atoms with Crippen molar-refractivity contribution in [2.24, 2.45) is 0 Å². The van der Waals surface area contributed by atoms with Gasteiger partial charge in [-0.25, -0.2) is 9.97 Å². The van der Waals surface area contributed by atoms with Gasteiger partial charge in [-0.1, -0.05) is 12.5 Å². The smallest absolute Gasteiger partial charge is 0.104 e. The van der Waals surface area contributed by atoms with Crippen molar-refractivity contribution >= 4 is 0 Å². The fraction of sp³-hybridized carbons (Fsp3) is 0.0909. The predicted octanol–water partition coefficient (Wildman–Crippen LogP) is 2.25. The summed E-state index contributed by atoms with van der Waals surface area (Å²) in [6.07, 6.45) is 3.48. The van der Waals surface area contributed by atoms with Crippen molar-refractivity contribution in [1.82, 2.24) is 9.97 Å². The Kier molecular flexibility index (Phi) is 2.55. The molecule has 0 atom stereocenters. The van der Waals surface area contributed by atoms with E-state index >= 15 is 0 Å². The van der Waals surface area contributed by atoms with Gasteiger partial charge in [0.05, 0.1) is 0 Å². The molecule has 2 nitrogen and oxygen atoms in total. The van der Waals surface area contributed by atoms with Crippen LogP contribution in [-0.2, 0) is 0 Å². The van der Waals surface area contributed by atoms with Gasteiger partial charge in [0.15, 0.2) is 0 Å². The summed E-state index contributed by atoms with van der Waals surface area (Å²) in [6.45, 7) is 2.03. The molecular weight excluding hydrogens is 407 g/mol. The van der Waals surface area contributed by atoms with Crippen LogP contribution in [0.3, 0.4) is 0 Å². The molecule has 0 saturated carbocycles. The van der Waals surface area contributed by atoms with E-state index < -0.39 is 0 Å². The number of rotatable bonds is 1. The molecule has 2 aromatic rings. The molecule has 0 spiro atoms. The second kappa shape index (κ2) is 3.81. The van der Waals surface area contributed by atoms with Gasteiger partial charge in [0.2, 0.25) is 0 Å². The molecule has 14 heavy (non-hydrogen) atoms. The summed E-state index contributed by atoms with van der Waals surface area (Å²) < 4.78 is 0. The zero-order valence-corrected chi connectivity index (χ0v) is 10.7. The number of aromatic nitrogens is 2. The minimum absolute atomic E-state index is 0. The van der Waals surface area contributed by atoms with Crippen LogP contribution in [0.5, 0.6) is 0 Å². The monoisotopic (exact) mass is 412 g/mol. The minimum Gasteiger partial charge on any atom is -0.250 e. The van der Waals surface area contributed by atoms with Gasteiger partial charge >= 0.3 is 0 Å². The average molecular weight is 416 g/mol. The molecule has 3 heteroatoms. The molecule has 72 valence electrons. The summed E-state index contributed by atoms with van der Waals surface area (Å²) in [5.74, 6) is 0.752. The zero-order chi connectivity index (χ0) is 9.10. The molecule has 1 aromatic carbocycles. The number of nitrogens with zero attached hydrogens (tertiary/aromatic N) is 2. The van der Waals surface area contributed by atoms with Gasteiger partial charge in [-0.3, -0.25) is 0 Å². The second-order valence-electron chi connectivity index (χ2n) is 2.87. The zero-order valence-electron chi connectivity index (χ0n) is 7.71. The fourth-order valence-corrected chi connectivity index (χ4v) is 1.17. The van der Waals surface area contributed by atoms with E-state index in [-0.39, 0.29) is 0 Å². The van der Waals surface area contributed by atoms with Gasteiger partial charge in [-0.15, -0.1) is 0 Å². The molecule has 2 rings (SSSR count). The van der Waals surface area contributed by atoms with Crippen molar-refractivity contribution in [3.05, 3.63) is 48.3 Å². The topological polar surface area (TPSA) is 25.8 Å². The van der Waals surface area contributed by atoms with Gasteiger partial charge in [-0.2, -0.15) is 29.8 Å². The minimum atomic E-state index is 0. The molecule has 1 heterocycles. The molecule has 0 unspecified atom stereocenters. The number of benzene rings is 1. The summed E-state index contributed by atoms with van der Waals surface area (Å²) in [6, 6.07) is 10.7. The first-order chi connectivity index (χ1) is 6.36. The van der Waals surface area contributed by atoms with E-state index in [1.54, 1.807) is 12.4 Å². The Balaban J connectivity index is 0.000000980. The molecule has 0 aliphatic heterocycles. The Bertz CT molecular complexity index is 401. The summed E-state index contributed by atoms with van der Waals surface area (Å²) in [7, 11) is 0. The quantitative estimate of drug-likeness (QED) is 0.667. The number of hydrogen-bond acceptors (Lipinski definition) is 2. The first-order valence-corrected chi connectivity index (χ1v) is 4.11. The van der Waals surface area contributed by atoms with E-state index in [0.717, 1.165) is 11.4 Å². The summed E-state index contributed by atoms with van der Waals surface area (Å²) in [5, 5.41) is 0. The van der Waals surface area contributed by atoms with E-state index in [1.807, 2.05) is 31.2 Å². The molecule has 0 aliphatic carbocycles. The van der Waals surface area contributed by atoms with E-state index in [2.05, 4.69) is 16.0 Å².